The van der Waals surface area contributed by atoms with Crippen molar-refractivity contribution in [1.29, 1.82) is 0 Å². The molecule has 0 saturated heterocycles. The Labute approximate surface area is 165 Å². The molecule has 1 aromatic carbocycles. The van der Waals surface area contributed by atoms with Crippen molar-refractivity contribution in [3.63, 3.8) is 0 Å². The van der Waals surface area contributed by atoms with Gasteiger partial charge in [-0.05, 0) is 29.5 Å². The van der Waals surface area contributed by atoms with Gasteiger partial charge in [0.2, 0.25) is 0 Å². The van der Waals surface area contributed by atoms with Gasteiger partial charge < -0.3 is 4.57 Å². The van der Waals surface area contributed by atoms with Gasteiger partial charge in [-0.25, -0.2) is 9.38 Å². The number of thiazole rings is 1. The minimum Gasteiger partial charge on any atom is -0.323 e. The molecule has 0 radical (unpaired) electrons. The van der Waals surface area contributed by atoms with Crippen LogP contribution in [0.3, 0.4) is 0 Å². The summed E-state index contributed by atoms with van der Waals surface area (Å²) in [6.07, 6.45) is -2.59. The fourth-order valence-electron chi connectivity index (χ4n) is 2.35. The molecule has 0 N–H and O–H groups in total. The first kappa shape index (κ1) is 21.8. The molecule has 1 aromatic heterocycles. The van der Waals surface area contributed by atoms with Crippen LogP contribution >= 0.6 is 23.6 Å². The summed E-state index contributed by atoms with van der Waals surface area (Å²) in [4.78, 5) is 5.73. The Morgan fingerprint density at radius 2 is 1.85 bits per heavy atom. The van der Waals surface area contributed by atoms with Crippen LogP contribution in [-0.4, -0.2) is 9.56 Å². The second kappa shape index (κ2) is 7.83. The van der Waals surface area contributed by atoms with E-state index in [-0.39, 0.29) is 16.0 Å². The second-order valence-corrected chi connectivity index (χ2v) is 9.18. The van der Waals surface area contributed by atoms with Gasteiger partial charge in [-0.1, -0.05) is 46.8 Å². The van der Waals surface area contributed by atoms with Crippen molar-refractivity contribution in [3.05, 3.63) is 51.0 Å². The SMILES string of the molecule is CC(C)Cn1cc(C(C)(C)C)sc1=NC(=S)c1cc(C(F)(F)F)ccc1F. The second-order valence-electron chi connectivity index (χ2n) is 7.78. The van der Waals surface area contributed by atoms with Crippen LogP contribution in [-0.2, 0) is 18.1 Å². The molecule has 1 heterocycles. The molecule has 0 aliphatic carbocycles. The maximum atomic E-state index is 14.1. The minimum absolute atomic E-state index is 0.111. The molecule has 2 nitrogen and oxygen atoms in total. The standard InChI is InChI=1S/C19H22F4N2S2/c1-11(2)9-25-10-15(18(3,4)5)27-17(25)24-16(26)13-8-12(19(21,22)23)6-7-14(13)20/h6-8,10-11H,9H2,1-5H3. The summed E-state index contributed by atoms with van der Waals surface area (Å²) in [5.74, 6) is -0.481. The Balaban J connectivity index is 2.55. The van der Waals surface area contributed by atoms with Crippen molar-refractivity contribution in [3.8, 4) is 0 Å². The van der Waals surface area contributed by atoms with Gasteiger partial charge in [-0.3, -0.25) is 0 Å². The quantitative estimate of drug-likeness (QED) is 0.446. The van der Waals surface area contributed by atoms with E-state index >= 15 is 0 Å². The number of benzene rings is 1. The zero-order valence-electron chi connectivity index (χ0n) is 15.8. The first-order chi connectivity index (χ1) is 12.3. The van der Waals surface area contributed by atoms with E-state index in [0.29, 0.717) is 29.4 Å². The van der Waals surface area contributed by atoms with Crippen molar-refractivity contribution in [2.75, 3.05) is 0 Å². The molecule has 2 rings (SSSR count). The molecule has 0 saturated carbocycles. The molecule has 0 spiro atoms. The van der Waals surface area contributed by atoms with Crippen molar-refractivity contribution in [2.24, 2.45) is 10.9 Å². The molecule has 0 amide bonds. The summed E-state index contributed by atoms with van der Waals surface area (Å²) in [7, 11) is 0. The summed E-state index contributed by atoms with van der Waals surface area (Å²) in [5, 5.41) is 0. The molecule has 2 aromatic rings. The molecule has 0 aliphatic heterocycles. The summed E-state index contributed by atoms with van der Waals surface area (Å²) in [6.45, 7) is 11.0. The summed E-state index contributed by atoms with van der Waals surface area (Å²) in [6, 6.07) is 2.19. The number of halogens is 4. The monoisotopic (exact) mass is 418 g/mol. The van der Waals surface area contributed by atoms with Gasteiger partial charge in [-0.15, -0.1) is 11.3 Å². The number of thiocarbonyl (C=S) groups is 1. The summed E-state index contributed by atoms with van der Waals surface area (Å²) >= 11 is 6.58. The lowest BCUT2D eigenvalue weighted by molar-refractivity contribution is -0.137. The zero-order chi connectivity index (χ0) is 20.6. The predicted octanol–water partition coefficient (Wildman–Crippen LogP) is 5.94. The molecule has 0 atom stereocenters. The summed E-state index contributed by atoms with van der Waals surface area (Å²) < 4.78 is 54.8. The van der Waals surface area contributed by atoms with Gasteiger partial charge >= 0.3 is 6.18 Å². The molecular formula is C19H22F4N2S2. The van der Waals surface area contributed by atoms with Crippen molar-refractivity contribution >= 4 is 28.5 Å². The Morgan fingerprint density at radius 1 is 1.22 bits per heavy atom. The van der Waals surface area contributed by atoms with Crippen LogP contribution in [0.25, 0.3) is 0 Å². The molecule has 27 heavy (non-hydrogen) atoms. The number of nitrogens with zero attached hydrogens (tertiary/aromatic N) is 2. The lowest BCUT2D eigenvalue weighted by Gasteiger charge is -2.14. The normalized spacial score (nSPS) is 13.5. The third-order valence-electron chi connectivity index (χ3n) is 3.74. The molecule has 8 heteroatoms. The fraction of sp³-hybridized carbons (Fsp3) is 0.474. The predicted molar refractivity (Wildman–Crippen MR) is 105 cm³/mol. The highest BCUT2D eigenvalue weighted by molar-refractivity contribution is 7.80. The minimum atomic E-state index is -4.57. The maximum absolute atomic E-state index is 14.1. The molecule has 0 unspecified atom stereocenters. The van der Waals surface area contributed by atoms with Gasteiger partial charge in [0.25, 0.3) is 0 Å². The Kier molecular flexibility index (Phi) is 6.31. The molecule has 0 bridgehead atoms. The number of aromatic nitrogens is 1. The van der Waals surface area contributed by atoms with Crippen LogP contribution in [0.1, 0.15) is 50.6 Å². The Hall–Kier alpha value is -1.54. The lowest BCUT2D eigenvalue weighted by Crippen LogP contribution is -2.19. The van der Waals surface area contributed by atoms with E-state index in [1.165, 1.54) is 11.3 Å². The van der Waals surface area contributed by atoms with Gasteiger partial charge in [0.15, 0.2) is 4.80 Å². The van der Waals surface area contributed by atoms with Crippen LogP contribution < -0.4 is 4.80 Å². The first-order valence-corrected chi connectivity index (χ1v) is 9.68. The van der Waals surface area contributed by atoms with Crippen molar-refractivity contribution in [1.82, 2.24) is 4.57 Å². The van der Waals surface area contributed by atoms with E-state index in [9.17, 15) is 17.6 Å². The van der Waals surface area contributed by atoms with Gasteiger partial charge in [0.05, 0.1) is 5.56 Å². The van der Waals surface area contributed by atoms with E-state index in [0.717, 1.165) is 10.9 Å². The average molecular weight is 419 g/mol. The van der Waals surface area contributed by atoms with Crippen LogP contribution in [0.5, 0.6) is 0 Å². The van der Waals surface area contributed by atoms with Crippen LogP contribution in [0, 0.1) is 11.7 Å². The van der Waals surface area contributed by atoms with E-state index < -0.39 is 17.6 Å². The zero-order valence-corrected chi connectivity index (χ0v) is 17.4. The molecule has 148 valence electrons. The smallest absolute Gasteiger partial charge is 0.323 e. The van der Waals surface area contributed by atoms with E-state index in [1.54, 1.807) is 0 Å². The number of rotatable bonds is 3. The molecular weight excluding hydrogens is 396 g/mol. The fourth-order valence-corrected chi connectivity index (χ4v) is 3.72. The van der Waals surface area contributed by atoms with Crippen LogP contribution in [0.4, 0.5) is 17.6 Å². The molecule has 0 aliphatic rings. The number of hydrogen-bond donors (Lipinski definition) is 0. The average Bonchev–Trinajstić information content (AvgIpc) is 2.88. The van der Waals surface area contributed by atoms with Crippen LogP contribution in [0.2, 0.25) is 0 Å². The molecule has 0 fully saturated rings. The number of hydrogen-bond acceptors (Lipinski definition) is 2. The summed E-state index contributed by atoms with van der Waals surface area (Å²) in [5.41, 5.74) is -1.38. The highest BCUT2D eigenvalue weighted by Crippen LogP contribution is 2.30. The van der Waals surface area contributed by atoms with Crippen LogP contribution in [0.15, 0.2) is 29.4 Å². The van der Waals surface area contributed by atoms with Crippen molar-refractivity contribution in [2.45, 2.75) is 52.8 Å². The first-order valence-electron chi connectivity index (χ1n) is 8.45. The topological polar surface area (TPSA) is 17.3 Å². The third kappa shape index (κ3) is 5.48. The van der Waals surface area contributed by atoms with Gasteiger partial charge in [0, 0.05) is 23.2 Å². The van der Waals surface area contributed by atoms with Gasteiger partial charge in [-0.2, -0.15) is 13.2 Å². The lowest BCUT2D eigenvalue weighted by atomic mass is 9.95. The van der Waals surface area contributed by atoms with Crippen molar-refractivity contribution < 1.29 is 17.6 Å². The third-order valence-corrected chi connectivity index (χ3v) is 5.50. The largest absolute Gasteiger partial charge is 0.416 e. The van der Waals surface area contributed by atoms with E-state index in [4.69, 9.17) is 12.2 Å². The highest BCUT2D eigenvalue weighted by atomic mass is 32.1. The maximum Gasteiger partial charge on any atom is 0.416 e. The Bertz CT molecular complexity index is 900. The highest BCUT2D eigenvalue weighted by Gasteiger charge is 2.31. The van der Waals surface area contributed by atoms with E-state index in [2.05, 4.69) is 39.6 Å². The van der Waals surface area contributed by atoms with E-state index in [1.807, 2.05) is 10.8 Å². The van der Waals surface area contributed by atoms with Gasteiger partial charge in [0.1, 0.15) is 10.8 Å². The Morgan fingerprint density at radius 3 is 2.37 bits per heavy atom. The number of alkyl halides is 3.